The Morgan fingerprint density at radius 3 is 2.33 bits per heavy atom. The van der Waals surface area contributed by atoms with Gasteiger partial charge in [0.15, 0.2) is 0 Å². The smallest absolute Gasteiger partial charge is 0.335 e. The number of amides is 1. The fourth-order valence-corrected chi connectivity index (χ4v) is 1.51. The highest BCUT2D eigenvalue weighted by Gasteiger charge is 2.20. The van der Waals surface area contributed by atoms with Crippen LogP contribution in [0.2, 0.25) is 0 Å². The Morgan fingerprint density at radius 2 is 1.94 bits per heavy atom. The average molecular weight is 246 g/mol. The minimum atomic E-state index is -1.01. The van der Waals surface area contributed by atoms with Gasteiger partial charge in [-0.2, -0.15) is 5.26 Å². The summed E-state index contributed by atoms with van der Waals surface area (Å²) in [6.07, 6.45) is 0.451. The van der Waals surface area contributed by atoms with E-state index in [0.29, 0.717) is 12.1 Å². The lowest BCUT2D eigenvalue weighted by Crippen LogP contribution is -2.31. The number of rotatable bonds is 4. The maximum absolute atomic E-state index is 11.9. The predicted octanol–water partition coefficient (Wildman–Crippen LogP) is 1.90. The van der Waals surface area contributed by atoms with Crippen molar-refractivity contribution in [1.82, 2.24) is 0 Å². The minimum absolute atomic E-state index is 0.159. The summed E-state index contributed by atoms with van der Waals surface area (Å²) in [5.41, 5.74) is 0.727. The van der Waals surface area contributed by atoms with Gasteiger partial charge in [-0.25, -0.2) is 4.79 Å². The molecule has 5 heteroatoms. The lowest BCUT2D eigenvalue weighted by molar-refractivity contribution is -0.120. The van der Waals surface area contributed by atoms with Gasteiger partial charge in [-0.3, -0.25) is 4.79 Å². The Morgan fingerprint density at radius 1 is 1.39 bits per heavy atom. The van der Waals surface area contributed by atoms with Crippen molar-refractivity contribution in [2.24, 2.45) is 5.92 Å². The number of nitrogens with zero attached hydrogens (tertiary/aromatic N) is 2. The summed E-state index contributed by atoms with van der Waals surface area (Å²) >= 11 is 0. The Kier molecular flexibility index (Phi) is 4.44. The van der Waals surface area contributed by atoms with Gasteiger partial charge in [0.05, 0.1) is 11.6 Å². The van der Waals surface area contributed by atoms with E-state index in [1.165, 1.54) is 17.0 Å². The largest absolute Gasteiger partial charge is 0.478 e. The molecular weight excluding hydrogens is 232 g/mol. The third-order valence-corrected chi connectivity index (χ3v) is 2.69. The minimum Gasteiger partial charge on any atom is -0.478 e. The monoisotopic (exact) mass is 246 g/mol. The molecule has 1 rings (SSSR count). The summed E-state index contributed by atoms with van der Waals surface area (Å²) in [4.78, 5) is 24.0. The van der Waals surface area contributed by atoms with Crippen LogP contribution in [0, 0.1) is 17.2 Å². The highest BCUT2D eigenvalue weighted by atomic mass is 16.4. The van der Waals surface area contributed by atoms with E-state index in [1.807, 2.05) is 6.07 Å². The number of carboxylic acids is 1. The molecule has 0 aliphatic heterocycles. The van der Waals surface area contributed by atoms with Crippen LogP contribution in [0.25, 0.3) is 0 Å². The van der Waals surface area contributed by atoms with Crippen molar-refractivity contribution in [2.75, 3.05) is 11.9 Å². The molecule has 1 aromatic rings. The molecule has 18 heavy (non-hydrogen) atoms. The van der Waals surface area contributed by atoms with Crippen LogP contribution in [0.15, 0.2) is 24.3 Å². The number of carbonyl (C=O) groups excluding carboxylic acids is 1. The van der Waals surface area contributed by atoms with Crippen molar-refractivity contribution in [1.29, 1.82) is 5.26 Å². The number of carbonyl (C=O) groups is 2. The van der Waals surface area contributed by atoms with Gasteiger partial charge in [0.2, 0.25) is 5.91 Å². The van der Waals surface area contributed by atoms with Gasteiger partial charge in [-0.1, -0.05) is 6.92 Å². The quantitative estimate of drug-likeness (QED) is 0.879. The molecule has 0 bridgehead atoms. The summed E-state index contributed by atoms with van der Waals surface area (Å²) < 4.78 is 0. The number of carboxylic acid groups (broad SMARTS) is 1. The second-order valence-electron chi connectivity index (χ2n) is 3.84. The molecule has 0 fully saturated rings. The molecule has 1 N–H and O–H groups in total. The molecule has 1 atom stereocenters. The van der Waals surface area contributed by atoms with E-state index in [-0.39, 0.29) is 11.5 Å². The third-order valence-electron chi connectivity index (χ3n) is 2.69. The summed E-state index contributed by atoms with van der Waals surface area (Å²) in [6.45, 7) is 1.77. The standard InChI is InChI=1S/C13H14N2O3/c1-3-9(8-14)12(16)15(2)11-6-4-10(5-7-11)13(17)18/h4-7,9H,3H2,1-2H3,(H,17,18). The van der Waals surface area contributed by atoms with E-state index in [1.54, 1.807) is 26.1 Å². The third kappa shape index (κ3) is 2.86. The highest BCUT2D eigenvalue weighted by molar-refractivity contribution is 5.96. The summed E-state index contributed by atoms with van der Waals surface area (Å²) in [5, 5.41) is 17.6. The Bertz CT molecular complexity index is 488. The summed E-state index contributed by atoms with van der Waals surface area (Å²) in [6, 6.07) is 7.89. The van der Waals surface area contributed by atoms with Crippen molar-refractivity contribution in [3.05, 3.63) is 29.8 Å². The molecule has 1 aromatic carbocycles. The maximum atomic E-state index is 11.9. The number of benzene rings is 1. The molecule has 5 nitrogen and oxygen atoms in total. The van der Waals surface area contributed by atoms with Crippen LogP contribution in [0.1, 0.15) is 23.7 Å². The number of hydrogen-bond donors (Lipinski definition) is 1. The van der Waals surface area contributed by atoms with Crippen molar-refractivity contribution in [3.63, 3.8) is 0 Å². The van der Waals surface area contributed by atoms with Crippen molar-refractivity contribution >= 4 is 17.6 Å². The molecule has 0 radical (unpaired) electrons. The first-order valence-corrected chi connectivity index (χ1v) is 5.51. The van der Waals surface area contributed by atoms with Gasteiger partial charge in [-0.15, -0.1) is 0 Å². The van der Waals surface area contributed by atoms with E-state index in [9.17, 15) is 9.59 Å². The van der Waals surface area contributed by atoms with Gasteiger partial charge in [0.1, 0.15) is 5.92 Å². The topological polar surface area (TPSA) is 81.4 Å². The van der Waals surface area contributed by atoms with Crippen LogP contribution in [0.3, 0.4) is 0 Å². The first-order valence-electron chi connectivity index (χ1n) is 5.51. The van der Waals surface area contributed by atoms with Gasteiger partial charge in [0.25, 0.3) is 0 Å². The molecule has 0 saturated carbocycles. The van der Waals surface area contributed by atoms with Gasteiger partial charge >= 0.3 is 5.97 Å². The molecule has 0 saturated heterocycles. The first kappa shape index (κ1) is 13.7. The molecule has 0 aromatic heterocycles. The number of hydrogen-bond acceptors (Lipinski definition) is 3. The lowest BCUT2D eigenvalue weighted by atomic mass is 10.1. The molecular formula is C13H14N2O3. The Balaban J connectivity index is 2.91. The summed E-state index contributed by atoms with van der Waals surface area (Å²) in [5.74, 6) is -1.98. The predicted molar refractivity (Wildman–Crippen MR) is 66.2 cm³/mol. The van der Waals surface area contributed by atoms with Crippen LogP contribution < -0.4 is 4.90 Å². The van der Waals surface area contributed by atoms with Crippen LogP contribution in [-0.2, 0) is 4.79 Å². The van der Waals surface area contributed by atoms with Crippen LogP contribution in [0.5, 0.6) is 0 Å². The molecule has 1 amide bonds. The van der Waals surface area contributed by atoms with Gasteiger partial charge in [-0.05, 0) is 30.7 Å². The van der Waals surface area contributed by atoms with Crippen molar-refractivity contribution in [3.8, 4) is 6.07 Å². The normalized spacial score (nSPS) is 11.4. The molecule has 1 unspecified atom stereocenters. The Hall–Kier alpha value is -2.35. The molecule has 0 aliphatic rings. The average Bonchev–Trinajstić information content (AvgIpc) is 2.39. The number of nitriles is 1. The zero-order valence-electron chi connectivity index (χ0n) is 10.3. The van der Waals surface area contributed by atoms with E-state index in [4.69, 9.17) is 10.4 Å². The number of anilines is 1. The van der Waals surface area contributed by atoms with Crippen LogP contribution in [0.4, 0.5) is 5.69 Å². The summed E-state index contributed by atoms with van der Waals surface area (Å²) in [7, 11) is 1.57. The van der Waals surface area contributed by atoms with Gasteiger partial charge in [0, 0.05) is 12.7 Å². The molecule has 0 aliphatic carbocycles. The SMILES string of the molecule is CCC(C#N)C(=O)N(C)c1ccc(C(=O)O)cc1. The Labute approximate surface area is 105 Å². The maximum Gasteiger partial charge on any atom is 0.335 e. The zero-order valence-corrected chi connectivity index (χ0v) is 10.3. The fraction of sp³-hybridized carbons (Fsp3) is 0.308. The highest BCUT2D eigenvalue weighted by Crippen LogP contribution is 2.17. The van der Waals surface area contributed by atoms with Gasteiger partial charge < -0.3 is 10.0 Å². The number of aromatic carboxylic acids is 1. The van der Waals surface area contributed by atoms with E-state index in [2.05, 4.69) is 0 Å². The van der Waals surface area contributed by atoms with E-state index >= 15 is 0 Å². The fourth-order valence-electron chi connectivity index (χ4n) is 1.51. The van der Waals surface area contributed by atoms with Crippen molar-refractivity contribution in [2.45, 2.75) is 13.3 Å². The van der Waals surface area contributed by atoms with E-state index < -0.39 is 11.9 Å². The first-order chi connectivity index (χ1) is 8.51. The van der Waals surface area contributed by atoms with E-state index in [0.717, 1.165) is 0 Å². The molecule has 94 valence electrons. The lowest BCUT2D eigenvalue weighted by Gasteiger charge is -2.19. The second-order valence-corrected chi connectivity index (χ2v) is 3.84. The van der Waals surface area contributed by atoms with Crippen molar-refractivity contribution < 1.29 is 14.7 Å². The van der Waals surface area contributed by atoms with Crippen LogP contribution in [-0.4, -0.2) is 24.0 Å². The molecule has 0 spiro atoms. The second kappa shape index (κ2) is 5.82. The zero-order chi connectivity index (χ0) is 13.7. The molecule has 0 heterocycles. The van der Waals surface area contributed by atoms with Crippen LogP contribution >= 0.6 is 0 Å².